The zero-order valence-corrected chi connectivity index (χ0v) is 18.9. The van der Waals surface area contributed by atoms with Crippen molar-refractivity contribution in [3.05, 3.63) is 48.3 Å². The molecular formula is C21H25FN7OP. The van der Waals surface area contributed by atoms with E-state index in [4.69, 9.17) is 0 Å². The van der Waals surface area contributed by atoms with Crippen molar-refractivity contribution in [2.75, 3.05) is 23.3 Å². The summed E-state index contributed by atoms with van der Waals surface area (Å²) in [5, 5.41) is 6.04. The van der Waals surface area contributed by atoms with Gasteiger partial charge < -0.3 is 10.2 Å². The summed E-state index contributed by atoms with van der Waals surface area (Å²) in [6.07, 6.45) is 6.87. The maximum absolute atomic E-state index is 14.5. The molecule has 1 amide bonds. The smallest absolute Gasteiger partial charge is 0.258 e. The number of carbonyl (C=O) groups excluding carboxylic acids is 1. The van der Waals surface area contributed by atoms with E-state index in [0.29, 0.717) is 47.1 Å². The summed E-state index contributed by atoms with van der Waals surface area (Å²) < 4.78 is 16.2. The average Bonchev–Trinajstić information content (AvgIpc) is 3.33. The van der Waals surface area contributed by atoms with Crippen molar-refractivity contribution in [1.29, 1.82) is 0 Å². The molecule has 0 spiro atoms. The second-order valence-electron chi connectivity index (χ2n) is 8.08. The van der Waals surface area contributed by atoms with Gasteiger partial charge >= 0.3 is 0 Å². The number of nitrogens with one attached hydrogen (secondary N) is 1. The van der Waals surface area contributed by atoms with Gasteiger partial charge in [0.25, 0.3) is 5.91 Å². The van der Waals surface area contributed by atoms with Gasteiger partial charge in [-0.15, -0.1) is 0 Å². The predicted octanol–water partition coefficient (Wildman–Crippen LogP) is 3.40. The number of aromatic nitrogens is 5. The fourth-order valence-corrected chi connectivity index (χ4v) is 3.85. The van der Waals surface area contributed by atoms with Crippen LogP contribution in [0.4, 0.5) is 15.9 Å². The highest BCUT2D eigenvalue weighted by atomic mass is 31.0. The molecule has 1 aliphatic rings. The van der Waals surface area contributed by atoms with Gasteiger partial charge in [-0.3, -0.25) is 9.48 Å². The third kappa shape index (κ3) is 4.56. The first-order valence-electron chi connectivity index (χ1n) is 10.1. The van der Waals surface area contributed by atoms with Crippen LogP contribution in [-0.2, 0) is 7.05 Å². The Bertz CT molecular complexity index is 1100. The van der Waals surface area contributed by atoms with Crippen molar-refractivity contribution in [3.8, 4) is 11.3 Å². The van der Waals surface area contributed by atoms with Gasteiger partial charge in [-0.2, -0.15) is 5.10 Å². The predicted molar refractivity (Wildman–Crippen MR) is 121 cm³/mol. The summed E-state index contributed by atoms with van der Waals surface area (Å²) in [6, 6.07) is 3.65. The van der Waals surface area contributed by atoms with Crippen LogP contribution in [0.3, 0.4) is 0 Å². The summed E-state index contributed by atoms with van der Waals surface area (Å²) in [4.78, 5) is 27.9. The largest absolute Gasteiger partial charge is 0.351 e. The number of alkyl halides is 1. The van der Waals surface area contributed by atoms with Crippen molar-refractivity contribution in [3.63, 3.8) is 0 Å². The number of anilines is 2. The Labute approximate surface area is 182 Å². The molecule has 8 nitrogen and oxygen atoms in total. The van der Waals surface area contributed by atoms with Crippen LogP contribution < -0.4 is 10.2 Å². The van der Waals surface area contributed by atoms with E-state index in [1.54, 1.807) is 16.9 Å². The van der Waals surface area contributed by atoms with Crippen LogP contribution in [0.5, 0.6) is 0 Å². The molecule has 0 radical (unpaired) electrons. The molecule has 2 unspecified atom stereocenters. The standard InChI is InChI=1S/C21H25FN7OP/c1-13(2)18-24-10-14(11-25-18)20(30)26-17-15(16-5-8-28(3)27-16)4-7-23-19(17)29-9-6-21(22,31)12-29/h4-5,7-8,10-11,13H,6,9,12,31H2,1-3H3,(H,26,30). The van der Waals surface area contributed by atoms with Crippen LogP contribution in [-0.4, -0.2) is 49.1 Å². The topological polar surface area (TPSA) is 88.8 Å². The maximum atomic E-state index is 14.5. The van der Waals surface area contributed by atoms with Crippen LogP contribution in [0.1, 0.15) is 42.4 Å². The Balaban J connectivity index is 1.72. The van der Waals surface area contributed by atoms with E-state index in [1.807, 2.05) is 38.1 Å². The number of hydrogen-bond donors (Lipinski definition) is 1. The molecular weight excluding hydrogens is 416 g/mol. The number of rotatable bonds is 5. The van der Waals surface area contributed by atoms with Crippen LogP contribution in [0, 0.1) is 0 Å². The minimum atomic E-state index is -1.38. The monoisotopic (exact) mass is 441 g/mol. The highest BCUT2D eigenvalue weighted by Crippen LogP contribution is 2.40. The highest BCUT2D eigenvalue weighted by Gasteiger charge is 2.36. The van der Waals surface area contributed by atoms with Crippen molar-refractivity contribution in [2.45, 2.75) is 31.6 Å². The molecule has 0 saturated carbocycles. The van der Waals surface area contributed by atoms with Crippen LogP contribution >= 0.6 is 9.24 Å². The zero-order chi connectivity index (χ0) is 22.2. The van der Waals surface area contributed by atoms with E-state index in [9.17, 15) is 9.18 Å². The molecule has 10 heteroatoms. The van der Waals surface area contributed by atoms with Gasteiger partial charge in [0.05, 0.1) is 23.5 Å². The average molecular weight is 441 g/mol. The summed E-state index contributed by atoms with van der Waals surface area (Å²) in [7, 11) is 4.09. The van der Waals surface area contributed by atoms with E-state index in [-0.39, 0.29) is 18.4 Å². The van der Waals surface area contributed by atoms with E-state index < -0.39 is 5.41 Å². The molecule has 1 N–H and O–H groups in total. The molecule has 1 fully saturated rings. The summed E-state index contributed by atoms with van der Waals surface area (Å²) in [6.45, 7) is 4.64. The van der Waals surface area contributed by atoms with Crippen molar-refractivity contribution in [1.82, 2.24) is 24.7 Å². The molecule has 1 saturated heterocycles. The Hall–Kier alpha value is -2.93. The number of hydrogen-bond acceptors (Lipinski definition) is 6. The van der Waals surface area contributed by atoms with Gasteiger partial charge in [-0.1, -0.05) is 23.1 Å². The minimum Gasteiger partial charge on any atom is -0.351 e. The Kier molecular flexibility index (Phi) is 5.71. The van der Waals surface area contributed by atoms with E-state index in [2.05, 4.69) is 34.6 Å². The lowest BCUT2D eigenvalue weighted by Crippen LogP contribution is -2.26. The maximum Gasteiger partial charge on any atom is 0.258 e. The van der Waals surface area contributed by atoms with Crippen LogP contribution in [0.2, 0.25) is 0 Å². The molecule has 162 valence electrons. The van der Waals surface area contributed by atoms with Gasteiger partial charge in [0, 0.05) is 56.3 Å². The quantitative estimate of drug-likeness (QED) is 0.611. The minimum absolute atomic E-state index is 0.167. The second-order valence-corrected chi connectivity index (χ2v) is 9.11. The van der Waals surface area contributed by atoms with Gasteiger partial charge in [0.15, 0.2) is 5.82 Å². The molecule has 2 atom stereocenters. The highest BCUT2D eigenvalue weighted by molar-refractivity contribution is 7.18. The van der Waals surface area contributed by atoms with Gasteiger partial charge in [0.1, 0.15) is 11.2 Å². The number of nitrogens with zero attached hydrogens (tertiary/aromatic N) is 6. The molecule has 3 aromatic rings. The fraction of sp³-hybridized carbons (Fsp3) is 0.381. The number of pyridine rings is 1. The van der Waals surface area contributed by atoms with Crippen LogP contribution in [0.25, 0.3) is 11.3 Å². The SMILES string of the molecule is CC(C)c1ncc(C(=O)Nc2c(-c3ccn(C)n3)ccnc2N2CCC(F)(P)C2)cn1. The summed E-state index contributed by atoms with van der Waals surface area (Å²) >= 11 is 0. The third-order valence-electron chi connectivity index (χ3n) is 5.16. The molecule has 0 aliphatic carbocycles. The van der Waals surface area contributed by atoms with E-state index >= 15 is 0 Å². The molecule has 4 heterocycles. The number of halogens is 1. The molecule has 4 rings (SSSR count). The zero-order valence-electron chi connectivity index (χ0n) is 17.7. The number of aryl methyl sites for hydroxylation is 1. The van der Waals surface area contributed by atoms with E-state index in [0.717, 1.165) is 0 Å². The van der Waals surface area contributed by atoms with Gasteiger partial charge in [-0.25, -0.2) is 19.3 Å². The number of carbonyl (C=O) groups is 1. The Morgan fingerprint density at radius 3 is 2.58 bits per heavy atom. The molecule has 31 heavy (non-hydrogen) atoms. The lowest BCUT2D eigenvalue weighted by atomic mass is 10.1. The molecule has 3 aromatic heterocycles. The van der Waals surface area contributed by atoms with Crippen molar-refractivity contribution < 1.29 is 9.18 Å². The number of amides is 1. The van der Waals surface area contributed by atoms with Crippen LogP contribution in [0.15, 0.2) is 36.9 Å². The fourth-order valence-electron chi connectivity index (χ4n) is 3.50. The first-order valence-corrected chi connectivity index (χ1v) is 10.7. The normalized spacial score (nSPS) is 18.6. The first kappa shape index (κ1) is 21.3. The molecule has 0 bridgehead atoms. The summed E-state index contributed by atoms with van der Waals surface area (Å²) in [5.41, 5.74) is 2.21. The van der Waals surface area contributed by atoms with E-state index in [1.165, 1.54) is 12.4 Å². The van der Waals surface area contributed by atoms with Crippen molar-refractivity contribution in [2.24, 2.45) is 7.05 Å². The summed E-state index contributed by atoms with van der Waals surface area (Å²) in [5.74, 6) is 0.988. The molecule has 1 aliphatic heterocycles. The van der Waals surface area contributed by atoms with Crippen molar-refractivity contribution >= 4 is 26.7 Å². The second kappa shape index (κ2) is 8.30. The van der Waals surface area contributed by atoms with Gasteiger partial charge in [0.2, 0.25) is 0 Å². The first-order chi connectivity index (χ1) is 14.7. The lowest BCUT2D eigenvalue weighted by molar-refractivity contribution is 0.102. The Morgan fingerprint density at radius 1 is 1.26 bits per heavy atom. The Morgan fingerprint density at radius 2 is 2.00 bits per heavy atom. The van der Waals surface area contributed by atoms with Gasteiger partial charge in [-0.05, 0) is 12.1 Å². The molecule has 0 aromatic carbocycles. The lowest BCUT2D eigenvalue weighted by Gasteiger charge is -2.23. The third-order valence-corrected chi connectivity index (χ3v) is 5.63.